The standard InChI is InChI=1S/C19H24FN3O2S/c1-21-19(22-13-7-10-16-8-3-2-4-9-16)23-14-15-26(24,25)18-12-6-5-11-17(18)20/h2-6,8-9,11-12H,7,10,13-15H2,1H3,(H2,21,22,23). The Kier molecular flexibility index (Phi) is 7.59. The summed E-state index contributed by atoms with van der Waals surface area (Å²) in [6.07, 6.45) is 1.88. The van der Waals surface area contributed by atoms with Crippen LogP contribution in [-0.4, -0.2) is 40.3 Å². The summed E-state index contributed by atoms with van der Waals surface area (Å²) in [7, 11) is -2.05. The second-order valence-electron chi connectivity index (χ2n) is 5.76. The average molecular weight is 377 g/mol. The first-order chi connectivity index (χ1) is 12.5. The van der Waals surface area contributed by atoms with E-state index in [4.69, 9.17) is 0 Å². The first kappa shape index (κ1) is 19.9. The average Bonchev–Trinajstić information content (AvgIpc) is 2.64. The van der Waals surface area contributed by atoms with Crippen LogP contribution in [0.25, 0.3) is 0 Å². The van der Waals surface area contributed by atoms with Crippen LogP contribution in [0.3, 0.4) is 0 Å². The molecule has 26 heavy (non-hydrogen) atoms. The number of nitrogens with zero attached hydrogens (tertiary/aromatic N) is 1. The molecule has 0 fully saturated rings. The van der Waals surface area contributed by atoms with Crippen molar-refractivity contribution in [2.75, 3.05) is 25.9 Å². The van der Waals surface area contributed by atoms with E-state index in [2.05, 4.69) is 27.8 Å². The molecule has 0 aromatic heterocycles. The van der Waals surface area contributed by atoms with Crippen molar-refractivity contribution >= 4 is 15.8 Å². The van der Waals surface area contributed by atoms with E-state index < -0.39 is 15.7 Å². The van der Waals surface area contributed by atoms with Gasteiger partial charge in [0.05, 0.1) is 5.75 Å². The number of rotatable bonds is 8. The Hall–Kier alpha value is -2.41. The van der Waals surface area contributed by atoms with Crippen molar-refractivity contribution < 1.29 is 12.8 Å². The fraction of sp³-hybridized carbons (Fsp3) is 0.316. The van der Waals surface area contributed by atoms with Crippen LogP contribution in [0, 0.1) is 5.82 Å². The molecular formula is C19H24FN3O2S. The molecule has 0 bridgehead atoms. The van der Waals surface area contributed by atoms with Crippen LogP contribution in [0.1, 0.15) is 12.0 Å². The van der Waals surface area contributed by atoms with E-state index in [1.807, 2.05) is 18.2 Å². The molecule has 0 heterocycles. The second-order valence-corrected chi connectivity index (χ2v) is 7.84. The zero-order chi connectivity index (χ0) is 18.8. The van der Waals surface area contributed by atoms with Gasteiger partial charge in [-0.3, -0.25) is 4.99 Å². The van der Waals surface area contributed by atoms with Gasteiger partial charge in [-0.05, 0) is 30.5 Å². The Morgan fingerprint density at radius 3 is 2.35 bits per heavy atom. The number of aliphatic imine (C=N–C) groups is 1. The van der Waals surface area contributed by atoms with Gasteiger partial charge in [0.2, 0.25) is 0 Å². The minimum Gasteiger partial charge on any atom is -0.356 e. The first-order valence-corrected chi connectivity index (χ1v) is 10.1. The molecule has 0 spiro atoms. The highest BCUT2D eigenvalue weighted by Crippen LogP contribution is 2.14. The Balaban J connectivity index is 1.74. The fourth-order valence-corrected chi connectivity index (χ4v) is 3.72. The predicted molar refractivity (Wildman–Crippen MR) is 103 cm³/mol. The topological polar surface area (TPSA) is 70.6 Å². The maximum atomic E-state index is 13.6. The molecule has 5 nitrogen and oxygen atoms in total. The van der Waals surface area contributed by atoms with Crippen molar-refractivity contribution in [1.82, 2.24) is 10.6 Å². The summed E-state index contributed by atoms with van der Waals surface area (Å²) in [5, 5.41) is 6.10. The Bertz CT molecular complexity index is 824. The lowest BCUT2D eigenvalue weighted by Gasteiger charge is -2.12. The van der Waals surface area contributed by atoms with Gasteiger partial charge in [-0.2, -0.15) is 0 Å². The van der Waals surface area contributed by atoms with Crippen LogP contribution in [0.4, 0.5) is 4.39 Å². The van der Waals surface area contributed by atoms with Crippen molar-refractivity contribution in [3.05, 3.63) is 66.0 Å². The summed E-state index contributed by atoms with van der Waals surface area (Å²) in [5.74, 6) is -0.406. The number of hydrogen-bond donors (Lipinski definition) is 2. The van der Waals surface area contributed by atoms with E-state index in [-0.39, 0.29) is 17.2 Å². The predicted octanol–water partition coefficient (Wildman–Crippen LogP) is 2.40. The largest absolute Gasteiger partial charge is 0.356 e. The molecule has 2 aromatic rings. The van der Waals surface area contributed by atoms with Gasteiger partial charge in [0.1, 0.15) is 10.7 Å². The number of guanidine groups is 1. The van der Waals surface area contributed by atoms with Gasteiger partial charge in [0.15, 0.2) is 15.8 Å². The van der Waals surface area contributed by atoms with E-state index in [0.29, 0.717) is 12.5 Å². The zero-order valence-electron chi connectivity index (χ0n) is 14.8. The van der Waals surface area contributed by atoms with Gasteiger partial charge >= 0.3 is 0 Å². The Morgan fingerprint density at radius 2 is 1.65 bits per heavy atom. The molecule has 0 amide bonds. The number of halogens is 1. The maximum Gasteiger partial charge on any atom is 0.191 e. The van der Waals surface area contributed by atoms with Gasteiger partial charge in [-0.25, -0.2) is 12.8 Å². The van der Waals surface area contributed by atoms with Crippen molar-refractivity contribution in [3.63, 3.8) is 0 Å². The van der Waals surface area contributed by atoms with Crippen LogP contribution >= 0.6 is 0 Å². The number of hydrogen-bond acceptors (Lipinski definition) is 3. The van der Waals surface area contributed by atoms with Gasteiger partial charge in [0, 0.05) is 20.1 Å². The Labute approximate surface area is 154 Å². The minimum absolute atomic E-state index is 0.148. The van der Waals surface area contributed by atoms with Crippen LogP contribution in [-0.2, 0) is 16.3 Å². The maximum absolute atomic E-state index is 13.6. The smallest absolute Gasteiger partial charge is 0.191 e. The fourth-order valence-electron chi connectivity index (χ4n) is 2.48. The van der Waals surface area contributed by atoms with E-state index in [1.54, 1.807) is 7.05 Å². The SMILES string of the molecule is CN=C(NCCCc1ccccc1)NCCS(=O)(=O)c1ccccc1F. The summed E-state index contributed by atoms with van der Waals surface area (Å²) >= 11 is 0. The molecular weight excluding hydrogens is 353 g/mol. The molecule has 0 saturated heterocycles. The molecule has 0 aliphatic carbocycles. The summed E-state index contributed by atoms with van der Waals surface area (Å²) in [5.41, 5.74) is 1.27. The van der Waals surface area contributed by atoms with E-state index >= 15 is 0 Å². The molecule has 0 radical (unpaired) electrons. The van der Waals surface area contributed by atoms with Crippen LogP contribution in [0.15, 0.2) is 64.5 Å². The number of aryl methyl sites for hydroxylation is 1. The molecule has 2 N–H and O–H groups in total. The molecule has 140 valence electrons. The number of sulfone groups is 1. The van der Waals surface area contributed by atoms with Crippen LogP contribution in [0.2, 0.25) is 0 Å². The summed E-state index contributed by atoms with van der Waals surface area (Å²) in [4.78, 5) is 3.80. The van der Waals surface area contributed by atoms with Crippen molar-refractivity contribution in [2.24, 2.45) is 4.99 Å². The van der Waals surface area contributed by atoms with E-state index in [9.17, 15) is 12.8 Å². The molecule has 0 saturated carbocycles. The third-order valence-electron chi connectivity index (χ3n) is 3.84. The third kappa shape index (κ3) is 6.15. The summed E-state index contributed by atoms with van der Waals surface area (Å²) < 4.78 is 38.0. The lowest BCUT2D eigenvalue weighted by Crippen LogP contribution is -2.40. The van der Waals surface area contributed by atoms with E-state index in [1.165, 1.54) is 23.8 Å². The molecule has 0 unspecified atom stereocenters. The first-order valence-electron chi connectivity index (χ1n) is 8.48. The molecule has 7 heteroatoms. The summed E-state index contributed by atoms with van der Waals surface area (Å²) in [6, 6.07) is 15.6. The van der Waals surface area contributed by atoms with Crippen LogP contribution < -0.4 is 10.6 Å². The highest BCUT2D eigenvalue weighted by molar-refractivity contribution is 7.91. The van der Waals surface area contributed by atoms with Crippen molar-refractivity contribution in [1.29, 1.82) is 0 Å². The Morgan fingerprint density at radius 1 is 1.00 bits per heavy atom. The molecule has 2 aromatic carbocycles. The molecule has 0 atom stereocenters. The minimum atomic E-state index is -3.68. The van der Waals surface area contributed by atoms with Crippen molar-refractivity contribution in [2.45, 2.75) is 17.7 Å². The van der Waals surface area contributed by atoms with Gasteiger partial charge in [-0.15, -0.1) is 0 Å². The highest BCUT2D eigenvalue weighted by Gasteiger charge is 2.18. The molecule has 0 aliphatic heterocycles. The lowest BCUT2D eigenvalue weighted by molar-refractivity contribution is 0.566. The lowest BCUT2D eigenvalue weighted by atomic mass is 10.1. The summed E-state index contributed by atoms with van der Waals surface area (Å²) in [6.45, 7) is 0.865. The number of nitrogens with one attached hydrogen (secondary N) is 2. The highest BCUT2D eigenvalue weighted by atomic mass is 32.2. The third-order valence-corrected chi connectivity index (χ3v) is 5.58. The van der Waals surface area contributed by atoms with Gasteiger partial charge in [0.25, 0.3) is 0 Å². The monoisotopic (exact) mass is 377 g/mol. The quantitative estimate of drug-likeness (QED) is 0.421. The number of benzene rings is 2. The zero-order valence-corrected chi connectivity index (χ0v) is 15.6. The molecule has 2 rings (SSSR count). The normalized spacial score (nSPS) is 12.0. The van der Waals surface area contributed by atoms with E-state index in [0.717, 1.165) is 18.9 Å². The molecule has 0 aliphatic rings. The van der Waals surface area contributed by atoms with Crippen LogP contribution in [0.5, 0.6) is 0 Å². The van der Waals surface area contributed by atoms with Gasteiger partial charge in [-0.1, -0.05) is 42.5 Å². The van der Waals surface area contributed by atoms with Crippen molar-refractivity contribution in [3.8, 4) is 0 Å². The van der Waals surface area contributed by atoms with Gasteiger partial charge < -0.3 is 10.6 Å². The second kappa shape index (κ2) is 9.91.